The van der Waals surface area contributed by atoms with Crippen LogP contribution in [0.15, 0.2) is 54.0 Å². The number of piperazine rings is 1. The number of aromatic nitrogens is 3. The van der Waals surface area contributed by atoms with Gasteiger partial charge in [0.2, 0.25) is 0 Å². The van der Waals surface area contributed by atoms with E-state index in [2.05, 4.69) is 37.8 Å². The molecule has 0 saturated carbocycles. The molecule has 2 aliphatic rings. The standard InChI is InChI=1S/C27H30N8OS/c1-34-11-13-35(14-12-34)21-4-2-18(3-5-21)27(36)32-23-16-19(6-10-29-23)25-31-22-8-15-37-24(22)26(33-25)30-20-7-9-28-17-20/h2-6,8,10,15-16,20,28H,7,9,11-14,17H2,1H3,(H,29,32,36)(H,30,31,33)/t20-/m1/s1. The molecule has 3 aromatic heterocycles. The molecule has 0 unspecified atom stereocenters. The molecule has 6 rings (SSSR count). The van der Waals surface area contributed by atoms with Crippen molar-refractivity contribution >= 4 is 44.8 Å². The highest BCUT2D eigenvalue weighted by Crippen LogP contribution is 2.30. The number of hydrogen-bond donors (Lipinski definition) is 3. The lowest BCUT2D eigenvalue weighted by atomic mass is 10.1. The molecule has 37 heavy (non-hydrogen) atoms. The number of amides is 1. The lowest BCUT2D eigenvalue weighted by Gasteiger charge is -2.34. The van der Waals surface area contributed by atoms with Crippen molar-refractivity contribution in [1.82, 2.24) is 25.2 Å². The molecule has 0 radical (unpaired) electrons. The van der Waals surface area contributed by atoms with Crippen molar-refractivity contribution in [1.29, 1.82) is 0 Å². The van der Waals surface area contributed by atoms with Gasteiger partial charge in [0.15, 0.2) is 5.82 Å². The normalized spacial score (nSPS) is 18.3. The number of carbonyl (C=O) groups excluding carboxylic acids is 1. The summed E-state index contributed by atoms with van der Waals surface area (Å²) in [7, 11) is 2.14. The van der Waals surface area contributed by atoms with Gasteiger partial charge in [-0.05, 0) is 67.9 Å². The van der Waals surface area contributed by atoms with Crippen molar-refractivity contribution in [3.8, 4) is 11.4 Å². The fourth-order valence-electron chi connectivity index (χ4n) is 4.78. The van der Waals surface area contributed by atoms with Gasteiger partial charge in [0.05, 0.1) is 10.2 Å². The van der Waals surface area contributed by atoms with Gasteiger partial charge in [-0.1, -0.05) is 0 Å². The molecule has 2 fully saturated rings. The number of carbonyl (C=O) groups is 1. The molecule has 10 heteroatoms. The van der Waals surface area contributed by atoms with E-state index in [1.54, 1.807) is 17.5 Å². The number of nitrogens with one attached hydrogen (secondary N) is 3. The minimum atomic E-state index is -0.195. The summed E-state index contributed by atoms with van der Waals surface area (Å²) in [4.78, 5) is 31.6. The largest absolute Gasteiger partial charge is 0.369 e. The second-order valence-electron chi connectivity index (χ2n) is 9.59. The van der Waals surface area contributed by atoms with Gasteiger partial charge < -0.3 is 25.8 Å². The molecule has 1 atom stereocenters. The zero-order chi connectivity index (χ0) is 25.2. The predicted octanol–water partition coefficient (Wildman–Crippen LogP) is 3.53. The third-order valence-corrected chi connectivity index (χ3v) is 7.87. The van der Waals surface area contributed by atoms with Crippen LogP contribution in [-0.2, 0) is 0 Å². The van der Waals surface area contributed by atoms with Crippen molar-refractivity contribution < 1.29 is 4.79 Å². The first-order valence-corrected chi connectivity index (χ1v) is 13.5. The summed E-state index contributed by atoms with van der Waals surface area (Å²) in [6.07, 6.45) is 2.74. The maximum Gasteiger partial charge on any atom is 0.256 e. The maximum absolute atomic E-state index is 13.0. The number of rotatable bonds is 6. The average Bonchev–Trinajstić information content (AvgIpc) is 3.62. The SMILES string of the molecule is CN1CCN(c2ccc(C(=O)Nc3cc(-c4nc(N[C@@H]5CCNC5)c5sccc5n4)ccn3)cc2)CC1. The van der Waals surface area contributed by atoms with Crippen molar-refractivity contribution in [3.05, 3.63) is 59.6 Å². The number of fused-ring (bicyclic) bond motifs is 1. The summed E-state index contributed by atoms with van der Waals surface area (Å²) in [5.41, 5.74) is 3.45. The minimum Gasteiger partial charge on any atom is -0.369 e. The van der Waals surface area contributed by atoms with Gasteiger partial charge in [0.1, 0.15) is 11.6 Å². The first kappa shape index (κ1) is 23.8. The Balaban J connectivity index is 1.19. The number of benzene rings is 1. The molecule has 1 amide bonds. The van der Waals surface area contributed by atoms with Crippen LogP contribution in [0.25, 0.3) is 21.6 Å². The molecule has 3 N–H and O–H groups in total. The number of pyridine rings is 1. The molecular weight excluding hydrogens is 484 g/mol. The van der Waals surface area contributed by atoms with Gasteiger partial charge in [-0.15, -0.1) is 11.3 Å². The van der Waals surface area contributed by atoms with Gasteiger partial charge in [0, 0.05) is 61.8 Å². The van der Waals surface area contributed by atoms with Gasteiger partial charge in [-0.2, -0.15) is 0 Å². The molecule has 2 saturated heterocycles. The van der Waals surface area contributed by atoms with Crippen molar-refractivity contribution in [2.45, 2.75) is 12.5 Å². The zero-order valence-corrected chi connectivity index (χ0v) is 21.6. The van der Waals surface area contributed by atoms with Crippen LogP contribution in [0.2, 0.25) is 0 Å². The van der Waals surface area contributed by atoms with Crippen LogP contribution in [0.3, 0.4) is 0 Å². The highest BCUT2D eigenvalue weighted by atomic mass is 32.1. The fraction of sp³-hybridized carbons (Fsp3) is 0.333. The summed E-state index contributed by atoms with van der Waals surface area (Å²) in [6.45, 7) is 6.01. The van der Waals surface area contributed by atoms with Crippen LogP contribution in [0, 0.1) is 0 Å². The van der Waals surface area contributed by atoms with E-state index in [4.69, 9.17) is 9.97 Å². The van der Waals surface area contributed by atoms with Crippen molar-refractivity contribution in [2.24, 2.45) is 0 Å². The quantitative estimate of drug-likeness (QED) is 0.360. The Bertz CT molecular complexity index is 1390. The molecule has 0 bridgehead atoms. The first-order valence-electron chi connectivity index (χ1n) is 12.7. The van der Waals surface area contributed by atoms with Crippen LogP contribution in [0.1, 0.15) is 16.8 Å². The molecule has 0 spiro atoms. The van der Waals surface area contributed by atoms with E-state index < -0.39 is 0 Å². The predicted molar refractivity (Wildman–Crippen MR) is 150 cm³/mol. The molecule has 1 aromatic carbocycles. The Labute approximate surface area is 219 Å². The highest BCUT2D eigenvalue weighted by Gasteiger charge is 2.19. The Morgan fingerprint density at radius 2 is 1.92 bits per heavy atom. The lowest BCUT2D eigenvalue weighted by molar-refractivity contribution is 0.102. The third-order valence-electron chi connectivity index (χ3n) is 6.96. The lowest BCUT2D eigenvalue weighted by Crippen LogP contribution is -2.44. The topological polar surface area (TPSA) is 98.3 Å². The van der Waals surface area contributed by atoms with E-state index in [9.17, 15) is 4.79 Å². The molecular formula is C27H30N8OS. The Hall–Kier alpha value is -3.60. The second kappa shape index (κ2) is 10.4. The molecule has 2 aliphatic heterocycles. The second-order valence-corrected chi connectivity index (χ2v) is 10.5. The number of thiophene rings is 1. The van der Waals surface area contributed by atoms with Crippen LogP contribution in [0.5, 0.6) is 0 Å². The van der Waals surface area contributed by atoms with Crippen LogP contribution in [-0.4, -0.2) is 78.1 Å². The molecule has 5 heterocycles. The van der Waals surface area contributed by atoms with E-state index in [1.165, 1.54) is 0 Å². The number of nitrogens with zero attached hydrogens (tertiary/aromatic N) is 5. The highest BCUT2D eigenvalue weighted by molar-refractivity contribution is 7.17. The summed E-state index contributed by atoms with van der Waals surface area (Å²) in [6, 6.07) is 13.8. The molecule has 0 aliphatic carbocycles. The Morgan fingerprint density at radius 1 is 1.08 bits per heavy atom. The molecule has 9 nitrogen and oxygen atoms in total. The monoisotopic (exact) mass is 514 g/mol. The maximum atomic E-state index is 13.0. The number of hydrogen-bond acceptors (Lipinski definition) is 9. The van der Waals surface area contributed by atoms with Gasteiger partial charge in [-0.3, -0.25) is 4.79 Å². The number of anilines is 3. The Kier molecular flexibility index (Phi) is 6.69. The zero-order valence-electron chi connectivity index (χ0n) is 20.8. The Morgan fingerprint density at radius 3 is 2.70 bits per heavy atom. The smallest absolute Gasteiger partial charge is 0.256 e. The first-order chi connectivity index (χ1) is 18.1. The summed E-state index contributed by atoms with van der Waals surface area (Å²) in [5.74, 6) is 1.73. The van der Waals surface area contributed by atoms with Gasteiger partial charge in [0.25, 0.3) is 5.91 Å². The molecule has 190 valence electrons. The summed E-state index contributed by atoms with van der Waals surface area (Å²) in [5, 5.41) is 11.9. The fourth-order valence-corrected chi connectivity index (χ4v) is 5.56. The average molecular weight is 515 g/mol. The van der Waals surface area contributed by atoms with E-state index in [0.717, 1.165) is 73.0 Å². The van der Waals surface area contributed by atoms with Crippen LogP contribution >= 0.6 is 11.3 Å². The number of likely N-dealkylation sites (N-methyl/N-ethyl adjacent to an activating group) is 1. The van der Waals surface area contributed by atoms with Gasteiger partial charge in [-0.25, -0.2) is 15.0 Å². The van der Waals surface area contributed by atoms with E-state index in [1.807, 2.05) is 47.8 Å². The molecule has 4 aromatic rings. The summed E-state index contributed by atoms with van der Waals surface area (Å²) < 4.78 is 1.05. The third kappa shape index (κ3) is 5.27. The van der Waals surface area contributed by atoms with Crippen molar-refractivity contribution in [2.75, 3.05) is 61.8 Å². The van der Waals surface area contributed by atoms with E-state index >= 15 is 0 Å². The van der Waals surface area contributed by atoms with Crippen molar-refractivity contribution in [3.63, 3.8) is 0 Å². The van der Waals surface area contributed by atoms with Gasteiger partial charge >= 0.3 is 0 Å². The van der Waals surface area contributed by atoms with Crippen LogP contribution in [0.4, 0.5) is 17.3 Å². The van der Waals surface area contributed by atoms with Crippen LogP contribution < -0.4 is 20.9 Å². The van der Waals surface area contributed by atoms with E-state index in [0.29, 0.717) is 23.2 Å². The van der Waals surface area contributed by atoms with E-state index in [-0.39, 0.29) is 5.91 Å². The minimum absolute atomic E-state index is 0.195. The summed E-state index contributed by atoms with van der Waals surface area (Å²) >= 11 is 1.64.